The maximum absolute atomic E-state index is 6.54. The monoisotopic (exact) mass is 744 g/mol. The van der Waals surface area contributed by atoms with E-state index in [2.05, 4.69) is 129 Å². The number of hydrogen-bond acceptors (Lipinski definition) is 4. The molecule has 0 fully saturated rings. The third-order valence-corrected chi connectivity index (χ3v) is 8.12. The quantitative estimate of drug-likeness (QED) is 0.169. The zero-order valence-electron chi connectivity index (χ0n) is 25.2. The van der Waals surface area contributed by atoms with Crippen molar-refractivity contribution in [1.82, 2.24) is 9.55 Å². The van der Waals surface area contributed by atoms with E-state index in [0.29, 0.717) is 11.5 Å². The van der Waals surface area contributed by atoms with Crippen molar-refractivity contribution in [1.29, 1.82) is 0 Å². The molecule has 0 atom stereocenters. The van der Waals surface area contributed by atoms with Crippen LogP contribution in [0, 0.1) is 32.6 Å². The minimum atomic E-state index is -0.0835. The van der Waals surface area contributed by atoms with Gasteiger partial charge in [0.25, 0.3) is 0 Å². The van der Waals surface area contributed by atoms with Gasteiger partial charge in [0.1, 0.15) is 5.65 Å². The fraction of sp³-hybridized carbons (Fsp3) is 0.189. The van der Waals surface area contributed by atoms with Gasteiger partial charge in [0.15, 0.2) is 0 Å². The first-order valence-electron chi connectivity index (χ1n) is 14.3. The number of hydrogen-bond donors (Lipinski definition) is 0. The molecule has 1 aliphatic rings. The first kappa shape index (κ1) is 29.0. The van der Waals surface area contributed by atoms with Crippen molar-refractivity contribution in [3.05, 3.63) is 121 Å². The summed E-state index contributed by atoms with van der Waals surface area (Å²) >= 11 is 0. The topological polar surface area (TPSA) is 33.5 Å². The van der Waals surface area contributed by atoms with Crippen LogP contribution in [0.1, 0.15) is 37.5 Å². The fourth-order valence-electron chi connectivity index (χ4n) is 5.68. The Labute approximate surface area is 268 Å². The first-order valence-corrected chi connectivity index (χ1v) is 14.3. The largest absolute Gasteiger partial charge is 0.509 e. The minimum Gasteiger partial charge on any atom is -0.509 e. The molecule has 4 aromatic carbocycles. The van der Waals surface area contributed by atoms with Crippen molar-refractivity contribution < 1.29 is 25.8 Å². The average Bonchev–Trinajstić information content (AvgIpc) is 3.47. The zero-order chi connectivity index (χ0) is 29.2. The van der Waals surface area contributed by atoms with Crippen molar-refractivity contribution in [2.24, 2.45) is 0 Å². The SMILES string of the molecule is Cc1cc2c(cc1C)N(c1[c-]c(Oc3[c-]c(-n4c5ccccc5c5cccnc54)ccc3)cc(C(C)(C)C)c1)[CH-]N2C.[Pt]. The molecule has 2 aromatic heterocycles. The van der Waals surface area contributed by atoms with Crippen LogP contribution in [0.25, 0.3) is 27.6 Å². The van der Waals surface area contributed by atoms with Crippen LogP contribution in [0.4, 0.5) is 17.1 Å². The third-order valence-electron chi connectivity index (χ3n) is 8.12. The molecule has 0 N–H and O–H groups in total. The van der Waals surface area contributed by atoms with Crippen LogP contribution in [0.5, 0.6) is 11.5 Å². The molecule has 1 aliphatic heterocycles. The number of aromatic nitrogens is 2. The summed E-state index contributed by atoms with van der Waals surface area (Å²) in [5.74, 6) is 1.27. The summed E-state index contributed by atoms with van der Waals surface area (Å²) in [6.07, 6.45) is 1.83. The van der Waals surface area contributed by atoms with E-state index < -0.39 is 0 Å². The Balaban J connectivity index is 0.00000329. The van der Waals surface area contributed by atoms with Crippen LogP contribution in [-0.4, -0.2) is 16.6 Å². The normalized spacial score (nSPS) is 13.0. The molecule has 0 saturated heterocycles. The second kappa shape index (κ2) is 10.9. The van der Waals surface area contributed by atoms with E-state index in [0.717, 1.165) is 39.0 Å². The molecular weight excluding hydrogens is 712 g/mol. The number of rotatable bonds is 4. The predicted molar refractivity (Wildman–Crippen MR) is 172 cm³/mol. The van der Waals surface area contributed by atoms with E-state index in [1.165, 1.54) is 22.4 Å². The van der Waals surface area contributed by atoms with Gasteiger partial charge in [-0.3, -0.25) is 0 Å². The van der Waals surface area contributed by atoms with Gasteiger partial charge in [-0.1, -0.05) is 44.7 Å². The van der Waals surface area contributed by atoms with E-state index >= 15 is 0 Å². The van der Waals surface area contributed by atoms with Crippen molar-refractivity contribution in [3.63, 3.8) is 0 Å². The van der Waals surface area contributed by atoms with Gasteiger partial charge in [-0.2, -0.15) is 12.7 Å². The molecule has 3 heterocycles. The van der Waals surface area contributed by atoms with Crippen LogP contribution >= 0.6 is 0 Å². The Hall–Kier alpha value is -4.08. The number of nitrogens with zero attached hydrogens (tertiary/aromatic N) is 4. The fourth-order valence-corrected chi connectivity index (χ4v) is 5.68. The van der Waals surface area contributed by atoms with Crippen molar-refractivity contribution in [2.75, 3.05) is 16.8 Å². The first-order chi connectivity index (χ1) is 20.2. The maximum Gasteiger partial charge on any atom is 0.143 e. The second-order valence-corrected chi connectivity index (χ2v) is 12.1. The Morgan fingerprint density at radius 2 is 1.49 bits per heavy atom. The number of anilines is 3. The van der Waals surface area contributed by atoms with Crippen molar-refractivity contribution in [2.45, 2.75) is 40.0 Å². The summed E-state index contributed by atoms with van der Waals surface area (Å²) in [7, 11) is 2.09. The molecule has 43 heavy (non-hydrogen) atoms. The molecule has 0 unspecified atom stereocenters. The molecule has 6 aromatic rings. The maximum atomic E-state index is 6.54. The molecule has 0 radical (unpaired) electrons. The number of ether oxygens (including phenoxy) is 1. The summed E-state index contributed by atoms with van der Waals surface area (Å²) in [5, 5.41) is 2.27. The third kappa shape index (κ3) is 5.10. The van der Waals surface area contributed by atoms with Crippen LogP contribution in [-0.2, 0) is 26.5 Å². The number of fused-ring (bicyclic) bond motifs is 4. The van der Waals surface area contributed by atoms with Crippen LogP contribution in [0.3, 0.4) is 0 Å². The zero-order valence-corrected chi connectivity index (χ0v) is 27.4. The van der Waals surface area contributed by atoms with Crippen LogP contribution < -0.4 is 14.5 Å². The molecule has 0 saturated carbocycles. The molecule has 220 valence electrons. The summed E-state index contributed by atoms with van der Waals surface area (Å²) < 4.78 is 8.68. The Kier molecular flexibility index (Phi) is 7.34. The van der Waals surface area contributed by atoms with Gasteiger partial charge in [0.05, 0.1) is 5.52 Å². The van der Waals surface area contributed by atoms with E-state index in [1.54, 1.807) is 0 Å². The number of pyridine rings is 1. The van der Waals surface area contributed by atoms with E-state index in [4.69, 9.17) is 9.72 Å². The minimum absolute atomic E-state index is 0. The van der Waals surface area contributed by atoms with Gasteiger partial charge in [-0.05, 0) is 67.8 Å². The predicted octanol–water partition coefficient (Wildman–Crippen LogP) is 9.19. The number of benzene rings is 4. The standard InChI is InChI=1S/C37H33N4O.Pt/c1-24-17-34-35(18-25(24)2)40(23-39(34)6)28-19-26(37(3,4)5)20-30(22-28)42-29-12-9-11-27(21-29)41-33-15-8-7-13-31(33)32-14-10-16-38-36(32)41;/h7-20,23H,1-6H3;/q-3;. The Bertz CT molecular complexity index is 1930. The molecular formula is C37H33N4OPt-3. The van der Waals surface area contributed by atoms with E-state index in [1.807, 2.05) is 30.5 Å². The average molecular weight is 745 g/mol. The Morgan fingerprint density at radius 1 is 0.767 bits per heavy atom. The van der Waals surface area contributed by atoms with Gasteiger partial charge < -0.3 is 19.1 Å². The second-order valence-electron chi connectivity index (χ2n) is 12.1. The molecule has 7 rings (SSSR count). The number of para-hydroxylation sites is 1. The Morgan fingerprint density at radius 3 is 2.28 bits per heavy atom. The summed E-state index contributed by atoms with van der Waals surface area (Å²) in [4.78, 5) is 9.09. The van der Waals surface area contributed by atoms with Gasteiger partial charge in [0, 0.05) is 60.9 Å². The van der Waals surface area contributed by atoms with E-state index in [-0.39, 0.29) is 26.5 Å². The van der Waals surface area contributed by atoms with Crippen molar-refractivity contribution in [3.8, 4) is 17.2 Å². The van der Waals surface area contributed by atoms with Crippen LogP contribution in [0.2, 0.25) is 0 Å². The molecule has 0 bridgehead atoms. The van der Waals surface area contributed by atoms with E-state index in [9.17, 15) is 0 Å². The van der Waals surface area contributed by atoms with Gasteiger partial charge in [-0.15, -0.1) is 47.6 Å². The summed E-state index contributed by atoms with van der Waals surface area (Å²) in [6, 6.07) is 34.3. The van der Waals surface area contributed by atoms with Gasteiger partial charge >= 0.3 is 0 Å². The summed E-state index contributed by atoms with van der Waals surface area (Å²) in [5.41, 5.74) is 9.74. The molecule has 5 nitrogen and oxygen atoms in total. The van der Waals surface area contributed by atoms with Gasteiger partial charge in [0.2, 0.25) is 0 Å². The summed E-state index contributed by atoms with van der Waals surface area (Å²) in [6.45, 7) is 13.1. The van der Waals surface area contributed by atoms with Gasteiger partial charge in [-0.25, -0.2) is 4.98 Å². The van der Waals surface area contributed by atoms with Crippen LogP contribution in [0.15, 0.2) is 85.1 Å². The molecule has 0 amide bonds. The molecule has 0 spiro atoms. The van der Waals surface area contributed by atoms with Crippen molar-refractivity contribution >= 4 is 39.0 Å². The number of aryl methyl sites for hydroxylation is 2. The smallest absolute Gasteiger partial charge is 0.143 e. The molecule has 6 heteroatoms. The molecule has 0 aliphatic carbocycles.